The first-order valence-electron chi connectivity index (χ1n) is 6.91. The van der Waals surface area contributed by atoms with E-state index in [9.17, 15) is 8.78 Å². The Balaban J connectivity index is 2.32. The third-order valence-electron chi connectivity index (χ3n) is 4.06. The average Bonchev–Trinajstić information content (AvgIpc) is 2.47. The fourth-order valence-corrected chi connectivity index (χ4v) is 2.52. The normalized spacial score (nSPS) is 13.2. The highest BCUT2D eigenvalue weighted by molar-refractivity contribution is 5.28. The van der Waals surface area contributed by atoms with Crippen molar-refractivity contribution in [3.05, 3.63) is 71.3 Å². The van der Waals surface area contributed by atoms with Crippen molar-refractivity contribution in [2.45, 2.75) is 31.7 Å². The molecule has 0 saturated carbocycles. The molecule has 1 atom stereocenters. The minimum Gasteiger partial charge on any atom is -0.271 e. The van der Waals surface area contributed by atoms with E-state index in [1.54, 1.807) is 0 Å². The number of benzene rings is 2. The fourth-order valence-electron chi connectivity index (χ4n) is 2.52. The van der Waals surface area contributed by atoms with Crippen molar-refractivity contribution >= 4 is 0 Å². The highest BCUT2D eigenvalue weighted by Crippen LogP contribution is 2.29. The topological polar surface area (TPSA) is 38.0 Å². The summed E-state index contributed by atoms with van der Waals surface area (Å²) in [6.45, 7) is 4.01. The zero-order valence-electron chi connectivity index (χ0n) is 12.2. The lowest BCUT2D eigenvalue weighted by atomic mass is 9.75. The Hall–Kier alpha value is -1.78. The Morgan fingerprint density at radius 3 is 2.10 bits per heavy atom. The van der Waals surface area contributed by atoms with E-state index in [2.05, 4.69) is 5.43 Å². The molecule has 112 valence electrons. The van der Waals surface area contributed by atoms with E-state index in [0.717, 1.165) is 5.56 Å². The molecule has 0 fully saturated rings. The molecule has 0 aliphatic heterocycles. The predicted octanol–water partition coefficient (Wildman–Crippen LogP) is 3.32. The number of hydrogen-bond donors (Lipinski definition) is 2. The molecule has 0 aromatic heterocycles. The average molecular weight is 290 g/mol. The summed E-state index contributed by atoms with van der Waals surface area (Å²) in [5.74, 6) is 4.56. The molecule has 0 amide bonds. The zero-order chi connectivity index (χ0) is 15.5. The molecule has 0 saturated heterocycles. The van der Waals surface area contributed by atoms with Crippen LogP contribution in [0.1, 0.15) is 25.0 Å². The molecule has 0 radical (unpaired) electrons. The van der Waals surface area contributed by atoms with Crippen LogP contribution in [0.25, 0.3) is 0 Å². The second-order valence-corrected chi connectivity index (χ2v) is 5.71. The van der Waals surface area contributed by atoms with E-state index >= 15 is 0 Å². The minimum absolute atomic E-state index is 0.0597. The van der Waals surface area contributed by atoms with Crippen molar-refractivity contribution < 1.29 is 8.78 Å². The van der Waals surface area contributed by atoms with Crippen LogP contribution in [-0.4, -0.2) is 6.04 Å². The molecule has 2 rings (SSSR count). The van der Waals surface area contributed by atoms with E-state index in [1.807, 2.05) is 44.2 Å². The van der Waals surface area contributed by atoms with Crippen LogP contribution in [0.4, 0.5) is 8.78 Å². The van der Waals surface area contributed by atoms with E-state index in [-0.39, 0.29) is 23.4 Å². The van der Waals surface area contributed by atoms with Gasteiger partial charge in [0.15, 0.2) is 0 Å². The van der Waals surface area contributed by atoms with Gasteiger partial charge in [0.05, 0.1) is 0 Å². The van der Waals surface area contributed by atoms with Gasteiger partial charge < -0.3 is 0 Å². The number of nitrogens with two attached hydrogens (primary N) is 1. The number of halogens is 2. The van der Waals surface area contributed by atoms with E-state index in [4.69, 9.17) is 5.84 Å². The first-order valence-corrected chi connectivity index (χ1v) is 6.91. The molecule has 0 aliphatic carbocycles. The van der Waals surface area contributed by atoms with Gasteiger partial charge in [0.1, 0.15) is 11.6 Å². The third-order valence-corrected chi connectivity index (χ3v) is 4.06. The zero-order valence-corrected chi connectivity index (χ0v) is 12.2. The number of nitrogens with one attached hydrogen (secondary N) is 1. The van der Waals surface area contributed by atoms with Crippen LogP contribution >= 0.6 is 0 Å². The van der Waals surface area contributed by atoms with Crippen molar-refractivity contribution in [2.75, 3.05) is 0 Å². The van der Waals surface area contributed by atoms with Crippen LogP contribution in [0.5, 0.6) is 0 Å². The maximum atomic E-state index is 13.8. The quantitative estimate of drug-likeness (QED) is 0.655. The largest absolute Gasteiger partial charge is 0.271 e. The Morgan fingerprint density at radius 1 is 1.00 bits per heavy atom. The van der Waals surface area contributed by atoms with Crippen molar-refractivity contribution in [3.63, 3.8) is 0 Å². The molecule has 2 aromatic rings. The first kappa shape index (κ1) is 15.6. The third kappa shape index (κ3) is 3.28. The highest BCUT2D eigenvalue weighted by Gasteiger charge is 2.31. The molecule has 0 heterocycles. The van der Waals surface area contributed by atoms with Crippen LogP contribution in [0, 0.1) is 11.6 Å². The summed E-state index contributed by atoms with van der Waals surface area (Å²) >= 11 is 0. The predicted molar refractivity (Wildman–Crippen MR) is 80.6 cm³/mol. The lowest BCUT2D eigenvalue weighted by Gasteiger charge is -2.34. The lowest BCUT2D eigenvalue weighted by molar-refractivity contribution is 0.335. The summed E-state index contributed by atoms with van der Waals surface area (Å²) in [4.78, 5) is 0. The Labute approximate surface area is 124 Å². The van der Waals surface area contributed by atoms with Gasteiger partial charge in [-0.2, -0.15) is 0 Å². The van der Waals surface area contributed by atoms with Crippen molar-refractivity contribution in [1.82, 2.24) is 5.43 Å². The van der Waals surface area contributed by atoms with Gasteiger partial charge in [0.2, 0.25) is 0 Å². The molecule has 21 heavy (non-hydrogen) atoms. The Bertz CT molecular complexity index is 577. The van der Waals surface area contributed by atoms with E-state index in [1.165, 1.54) is 18.2 Å². The van der Waals surface area contributed by atoms with Crippen molar-refractivity contribution in [3.8, 4) is 0 Å². The summed E-state index contributed by atoms with van der Waals surface area (Å²) in [5.41, 5.74) is 3.46. The van der Waals surface area contributed by atoms with Gasteiger partial charge in [-0.25, -0.2) is 8.78 Å². The van der Waals surface area contributed by atoms with Crippen LogP contribution in [0.2, 0.25) is 0 Å². The van der Waals surface area contributed by atoms with Crippen LogP contribution in [-0.2, 0) is 11.8 Å². The summed E-state index contributed by atoms with van der Waals surface area (Å²) in [5, 5.41) is 0. The van der Waals surface area contributed by atoms with Crippen molar-refractivity contribution in [1.29, 1.82) is 0 Å². The second-order valence-electron chi connectivity index (χ2n) is 5.71. The summed E-state index contributed by atoms with van der Waals surface area (Å²) in [6.07, 6.45) is 0.177. The molecule has 0 spiro atoms. The number of hydrazine groups is 1. The summed E-state index contributed by atoms with van der Waals surface area (Å²) < 4.78 is 27.7. The standard InChI is InChI=1S/C17H20F2N2/c1-17(2,12-7-4-3-5-8-12)16(21-20)11-13-14(18)9-6-10-15(13)19/h3-10,16,21H,11,20H2,1-2H3. The van der Waals surface area contributed by atoms with Gasteiger partial charge in [-0.05, 0) is 24.1 Å². The van der Waals surface area contributed by atoms with Crippen LogP contribution < -0.4 is 11.3 Å². The molecule has 2 nitrogen and oxygen atoms in total. The van der Waals surface area contributed by atoms with Crippen LogP contribution in [0.15, 0.2) is 48.5 Å². The molecule has 4 heteroatoms. The smallest absolute Gasteiger partial charge is 0.129 e. The maximum absolute atomic E-state index is 13.8. The number of hydrogen-bond acceptors (Lipinski definition) is 2. The minimum atomic E-state index is -0.542. The summed E-state index contributed by atoms with van der Waals surface area (Å²) in [7, 11) is 0. The fraction of sp³-hybridized carbons (Fsp3) is 0.294. The molecule has 0 aliphatic rings. The Morgan fingerprint density at radius 2 is 1.57 bits per heavy atom. The van der Waals surface area contributed by atoms with Gasteiger partial charge in [-0.3, -0.25) is 11.3 Å². The molecule has 3 N–H and O–H groups in total. The first-order chi connectivity index (χ1) is 9.96. The van der Waals surface area contributed by atoms with Gasteiger partial charge in [0, 0.05) is 17.0 Å². The highest BCUT2D eigenvalue weighted by atomic mass is 19.1. The van der Waals surface area contributed by atoms with Gasteiger partial charge in [-0.15, -0.1) is 0 Å². The molecule has 0 bridgehead atoms. The Kier molecular flexibility index (Phi) is 4.70. The molecule has 2 aromatic carbocycles. The van der Waals surface area contributed by atoms with Crippen LogP contribution in [0.3, 0.4) is 0 Å². The van der Waals surface area contributed by atoms with E-state index < -0.39 is 11.6 Å². The summed E-state index contributed by atoms with van der Waals surface area (Å²) in [6, 6.07) is 13.4. The maximum Gasteiger partial charge on any atom is 0.129 e. The lowest BCUT2D eigenvalue weighted by Crippen LogP contribution is -2.49. The second kappa shape index (κ2) is 6.33. The molecule has 1 unspecified atom stereocenters. The monoisotopic (exact) mass is 290 g/mol. The molecular weight excluding hydrogens is 270 g/mol. The number of rotatable bonds is 5. The SMILES string of the molecule is CC(C)(c1ccccc1)C(Cc1c(F)cccc1F)NN. The molecular formula is C17H20F2N2. The van der Waals surface area contributed by atoms with Gasteiger partial charge in [-0.1, -0.05) is 50.2 Å². The van der Waals surface area contributed by atoms with E-state index in [0.29, 0.717) is 0 Å². The van der Waals surface area contributed by atoms with Gasteiger partial charge >= 0.3 is 0 Å². The van der Waals surface area contributed by atoms with Gasteiger partial charge in [0.25, 0.3) is 0 Å². The van der Waals surface area contributed by atoms with Crippen molar-refractivity contribution in [2.24, 2.45) is 5.84 Å².